The van der Waals surface area contributed by atoms with E-state index < -0.39 is 0 Å². The van der Waals surface area contributed by atoms with Crippen LogP contribution in [-0.2, 0) is 0 Å². The summed E-state index contributed by atoms with van der Waals surface area (Å²) in [4.78, 5) is 9.31. The molecule has 84 valence electrons. The molecule has 0 radical (unpaired) electrons. The average molecular weight is 236 g/mol. The summed E-state index contributed by atoms with van der Waals surface area (Å²) in [5.41, 5.74) is 5.24. The van der Waals surface area contributed by atoms with Crippen molar-refractivity contribution in [2.24, 2.45) is 5.84 Å². The van der Waals surface area contributed by atoms with Gasteiger partial charge in [0.25, 0.3) is 0 Å². The molecule has 1 atom stereocenters. The van der Waals surface area contributed by atoms with Crippen LogP contribution in [0.4, 0.5) is 0 Å². The van der Waals surface area contributed by atoms with Crippen molar-refractivity contribution in [2.45, 2.75) is 6.04 Å². The molecule has 0 saturated carbocycles. The number of nitrogens with one attached hydrogen (secondary N) is 1. The Kier molecular flexibility index (Phi) is 3.45. The van der Waals surface area contributed by atoms with Crippen molar-refractivity contribution >= 4 is 11.3 Å². The zero-order chi connectivity index (χ0) is 11.4. The summed E-state index contributed by atoms with van der Waals surface area (Å²) in [6, 6.07) is 3.49. The van der Waals surface area contributed by atoms with Gasteiger partial charge in [-0.05, 0) is 12.1 Å². The highest BCUT2D eigenvalue weighted by Crippen LogP contribution is 2.28. The number of nitrogens with zero attached hydrogens (tertiary/aromatic N) is 2. The number of nitrogens with two attached hydrogens (primary N) is 1. The monoisotopic (exact) mass is 236 g/mol. The van der Waals surface area contributed by atoms with E-state index in [1.807, 2.05) is 12.1 Å². The van der Waals surface area contributed by atoms with Crippen molar-refractivity contribution in [3.05, 3.63) is 40.6 Å². The number of aromatic nitrogens is 2. The summed E-state index contributed by atoms with van der Waals surface area (Å²) < 4.78 is 5.25. The standard InChI is InChI=1S/C10H12N4OS/c1-15-7-3-2-4-13-9(7)10(14-11)8-5-12-6-16-8/h2-6,10,14H,11H2,1H3. The third-order valence-corrected chi connectivity index (χ3v) is 3.04. The Labute approximate surface area is 97.3 Å². The van der Waals surface area contributed by atoms with Gasteiger partial charge in [0.1, 0.15) is 17.5 Å². The number of pyridine rings is 1. The summed E-state index contributed by atoms with van der Waals surface area (Å²) in [5, 5.41) is 0. The van der Waals surface area contributed by atoms with Crippen molar-refractivity contribution in [3.63, 3.8) is 0 Å². The molecule has 5 nitrogen and oxygen atoms in total. The molecule has 2 aromatic rings. The quantitative estimate of drug-likeness (QED) is 0.614. The fraction of sp³-hybridized carbons (Fsp3) is 0.200. The van der Waals surface area contributed by atoms with E-state index in [1.54, 1.807) is 25.0 Å². The van der Waals surface area contributed by atoms with Crippen LogP contribution in [0.15, 0.2) is 30.0 Å². The molecule has 0 aliphatic rings. The minimum absolute atomic E-state index is 0.191. The van der Waals surface area contributed by atoms with Crippen molar-refractivity contribution < 1.29 is 4.74 Å². The van der Waals surface area contributed by atoms with Crippen LogP contribution in [0.2, 0.25) is 0 Å². The Bertz CT molecular complexity index is 446. The number of thiazole rings is 1. The molecule has 2 rings (SSSR count). The molecule has 3 N–H and O–H groups in total. The number of ether oxygens (including phenoxy) is 1. The van der Waals surface area contributed by atoms with Crippen LogP contribution in [0.1, 0.15) is 16.6 Å². The smallest absolute Gasteiger partial charge is 0.142 e. The molecule has 0 aliphatic heterocycles. The Morgan fingerprint density at radius 2 is 2.44 bits per heavy atom. The van der Waals surface area contributed by atoms with Crippen LogP contribution in [0.25, 0.3) is 0 Å². The second-order valence-corrected chi connectivity index (χ2v) is 4.01. The maximum absolute atomic E-state index is 5.55. The minimum atomic E-state index is -0.191. The van der Waals surface area contributed by atoms with E-state index in [2.05, 4.69) is 15.4 Å². The van der Waals surface area contributed by atoms with E-state index in [4.69, 9.17) is 10.6 Å². The summed E-state index contributed by atoms with van der Waals surface area (Å²) in [6.07, 6.45) is 3.48. The number of hydrogen-bond acceptors (Lipinski definition) is 6. The second kappa shape index (κ2) is 5.02. The number of hydrogen-bond donors (Lipinski definition) is 2. The Hall–Kier alpha value is -1.50. The fourth-order valence-corrected chi connectivity index (χ4v) is 2.14. The molecule has 16 heavy (non-hydrogen) atoms. The average Bonchev–Trinajstić information content (AvgIpc) is 2.84. The summed E-state index contributed by atoms with van der Waals surface area (Å²) in [5.74, 6) is 6.26. The van der Waals surface area contributed by atoms with Crippen molar-refractivity contribution in [2.75, 3.05) is 7.11 Å². The van der Waals surface area contributed by atoms with Gasteiger partial charge in [0.2, 0.25) is 0 Å². The molecule has 1 unspecified atom stereocenters. The SMILES string of the molecule is COc1cccnc1C(NN)c1cncs1. The molecule has 2 heterocycles. The van der Waals surface area contributed by atoms with Crippen LogP contribution in [0, 0.1) is 0 Å². The summed E-state index contributed by atoms with van der Waals surface area (Å²) in [7, 11) is 1.61. The van der Waals surface area contributed by atoms with Gasteiger partial charge in [-0.15, -0.1) is 11.3 Å². The lowest BCUT2D eigenvalue weighted by atomic mass is 10.1. The van der Waals surface area contributed by atoms with Gasteiger partial charge in [0, 0.05) is 17.3 Å². The summed E-state index contributed by atoms with van der Waals surface area (Å²) in [6.45, 7) is 0. The number of methoxy groups -OCH3 is 1. The minimum Gasteiger partial charge on any atom is -0.495 e. The third-order valence-electron chi connectivity index (χ3n) is 2.20. The maximum Gasteiger partial charge on any atom is 0.142 e. The van der Waals surface area contributed by atoms with Gasteiger partial charge in [-0.25, -0.2) is 5.43 Å². The van der Waals surface area contributed by atoms with Gasteiger partial charge < -0.3 is 4.74 Å². The van der Waals surface area contributed by atoms with Gasteiger partial charge in [0.05, 0.1) is 12.6 Å². The Morgan fingerprint density at radius 1 is 1.56 bits per heavy atom. The molecular weight excluding hydrogens is 224 g/mol. The first-order chi connectivity index (χ1) is 7.86. The first-order valence-electron chi connectivity index (χ1n) is 4.70. The van der Waals surface area contributed by atoms with Crippen LogP contribution >= 0.6 is 11.3 Å². The first-order valence-corrected chi connectivity index (χ1v) is 5.58. The topological polar surface area (TPSA) is 73.1 Å². The maximum atomic E-state index is 5.55. The molecule has 0 amide bonds. The van der Waals surface area contributed by atoms with Gasteiger partial charge in [-0.1, -0.05) is 0 Å². The Morgan fingerprint density at radius 3 is 3.06 bits per heavy atom. The molecule has 0 aliphatic carbocycles. The number of rotatable bonds is 4. The van der Waals surface area contributed by atoms with Gasteiger partial charge in [0.15, 0.2) is 0 Å². The van der Waals surface area contributed by atoms with Gasteiger partial charge >= 0.3 is 0 Å². The molecule has 6 heteroatoms. The lowest BCUT2D eigenvalue weighted by molar-refractivity contribution is 0.400. The predicted molar refractivity (Wildman–Crippen MR) is 62.1 cm³/mol. The van der Waals surface area contributed by atoms with E-state index in [-0.39, 0.29) is 6.04 Å². The number of hydrazine groups is 1. The molecule has 2 aromatic heterocycles. The highest BCUT2D eigenvalue weighted by Gasteiger charge is 2.19. The summed E-state index contributed by atoms with van der Waals surface area (Å²) >= 11 is 1.52. The molecule has 0 aromatic carbocycles. The molecule has 0 bridgehead atoms. The van der Waals surface area contributed by atoms with Gasteiger partial charge in [-0.2, -0.15) is 0 Å². The van der Waals surface area contributed by atoms with Crippen molar-refractivity contribution in [3.8, 4) is 5.75 Å². The van der Waals surface area contributed by atoms with E-state index in [9.17, 15) is 0 Å². The van der Waals surface area contributed by atoms with Crippen LogP contribution in [-0.4, -0.2) is 17.1 Å². The Balaban J connectivity index is 2.41. The van der Waals surface area contributed by atoms with Gasteiger partial charge in [-0.3, -0.25) is 15.8 Å². The zero-order valence-electron chi connectivity index (χ0n) is 8.75. The molecular formula is C10H12N4OS. The second-order valence-electron chi connectivity index (χ2n) is 3.09. The van der Waals surface area contributed by atoms with Crippen LogP contribution in [0.5, 0.6) is 5.75 Å². The lowest BCUT2D eigenvalue weighted by Crippen LogP contribution is -2.29. The molecule has 0 saturated heterocycles. The van der Waals surface area contributed by atoms with Crippen LogP contribution < -0.4 is 16.0 Å². The predicted octanol–water partition coefficient (Wildman–Crippen LogP) is 1.10. The molecule has 0 spiro atoms. The third kappa shape index (κ3) is 2.04. The zero-order valence-corrected chi connectivity index (χ0v) is 9.57. The highest BCUT2D eigenvalue weighted by molar-refractivity contribution is 7.09. The van der Waals surface area contributed by atoms with E-state index in [1.165, 1.54) is 11.3 Å². The van der Waals surface area contributed by atoms with Crippen molar-refractivity contribution in [1.29, 1.82) is 0 Å². The largest absolute Gasteiger partial charge is 0.495 e. The lowest BCUT2D eigenvalue weighted by Gasteiger charge is -2.15. The highest BCUT2D eigenvalue weighted by atomic mass is 32.1. The fourth-order valence-electron chi connectivity index (χ4n) is 1.46. The van der Waals surface area contributed by atoms with E-state index in [0.29, 0.717) is 5.75 Å². The normalized spacial score (nSPS) is 12.4. The van der Waals surface area contributed by atoms with Crippen molar-refractivity contribution in [1.82, 2.24) is 15.4 Å². The van der Waals surface area contributed by atoms with Crippen LogP contribution in [0.3, 0.4) is 0 Å². The van der Waals surface area contributed by atoms with E-state index in [0.717, 1.165) is 10.6 Å². The first kappa shape index (κ1) is 11.0. The van der Waals surface area contributed by atoms with E-state index >= 15 is 0 Å². The molecule has 0 fully saturated rings.